The molecule has 0 unspecified atom stereocenters. The van der Waals surface area contributed by atoms with Crippen LogP contribution in [0.5, 0.6) is 0 Å². The standard InChI is InChI=1S/C13H12BrFN2O4/c14-7-3-6-5-17(13(21)11(6)8(15)4-7)9(12(16)20)1-2-10(18)19/h3-4,9H,1-2,5H2,(H2,16,20)(H,18,19)/t9-/m0/s1. The first-order chi connectivity index (χ1) is 9.81. The fourth-order valence-corrected chi connectivity index (χ4v) is 2.83. The van der Waals surface area contributed by atoms with Gasteiger partial charge < -0.3 is 15.7 Å². The van der Waals surface area contributed by atoms with Crippen molar-refractivity contribution >= 4 is 33.7 Å². The number of hydrogen-bond acceptors (Lipinski definition) is 3. The van der Waals surface area contributed by atoms with Crippen molar-refractivity contribution in [3.63, 3.8) is 0 Å². The third kappa shape index (κ3) is 3.05. The average molecular weight is 359 g/mol. The van der Waals surface area contributed by atoms with Crippen LogP contribution < -0.4 is 5.73 Å². The van der Waals surface area contributed by atoms with E-state index in [1.165, 1.54) is 0 Å². The number of primary amides is 1. The topological polar surface area (TPSA) is 101 Å². The minimum absolute atomic E-state index is 0.0255. The molecule has 0 aliphatic carbocycles. The second kappa shape index (κ2) is 5.80. The van der Waals surface area contributed by atoms with Crippen molar-refractivity contribution < 1.29 is 23.9 Å². The Bertz CT molecular complexity index is 635. The number of amides is 2. The van der Waals surface area contributed by atoms with Gasteiger partial charge in [-0.2, -0.15) is 0 Å². The van der Waals surface area contributed by atoms with Gasteiger partial charge in [0, 0.05) is 17.4 Å². The molecule has 0 radical (unpaired) electrons. The first kappa shape index (κ1) is 15.4. The predicted molar refractivity (Wildman–Crippen MR) is 73.8 cm³/mol. The Labute approximate surface area is 127 Å². The van der Waals surface area contributed by atoms with E-state index in [2.05, 4.69) is 15.9 Å². The summed E-state index contributed by atoms with van der Waals surface area (Å²) in [6, 6.07) is 1.68. The number of carbonyl (C=O) groups excluding carboxylic acids is 2. The molecule has 112 valence electrons. The Kier molecular flexibility index (Phi) is 4.26. The number of nitrogens with zero attached hydrogens (tertiary/aromatic N) is 1. The number of halogens is 2. The quantitative estimate of drug-likeness (QED) is 0.827. The smallest absolute Gasteiger partial charge is 0.303 e. The fraction of sp³-hybridized carbons (Fsp3) is 0.308. The van der Waals surface area contributed by atoms with E-state index >= 15 is 0 Å². The number of carboxylic acids is 1. The molecule has 0 spiro atoms. The van der Waals surface area contributed by atoms with Crippen LogP contribution in [-0.2, 0) is 16.1 Å². The van der Waals surface area contributed by atoms with Gasteiger partial charge in [-0.3, -0.25) is 14.4 Å². The molecule has 1 atom stereocenters. The van der Waals surface area contributed by atoms with Crippen LogP contribution in [0, 0.1) is 5.82 Å². The van der Waals surface area contributed by atoms with Crippen LogP contribution in [0.3, 0.4) is 0 Å². The highest BCUT2D eigenvalue weighted by Crippen LogP contribution is 2.30. The summed E-state index contributed by atoms with van der Waals surface area (Å²) in [4.78, 5) is 35.4. The number of aliphatic carboxylic acids is 1. The third-order valence-corrected chi connectivity index (χ3v) is 3.75. The summed E-state index contributed by atoms with van der Waals surface area (Å²) in [5.41, 5.74) is 5.58. The van der Waals surface area contributed by atoms with Gasteiger partial charge in [-0.25, -0.2) is 4.39 Å². The van der Waals surface area contributed by atoms with Crippen LogP contribution in [0.25, 0.3) is 0 Å². The molecule has 6 nitrogen and oxygen atoms in total. The molecule has 1 aliphatic heterocycles. The minimum atomic E-state index is -1.10. The molecule has 1 heterocycles. The zero-order chi connectivity index (χ0) is 15.7. The monoisotopic (exact) mass is 358 g/mol. The van der Waals surface area contributed by atoms with Crippen LogP contribution in [-0.4, -0.2) is 33.8 Å². The average Bonchev–Trinajstić information content (AvgIpc) is 2.66. The molecule has 1 aliphatic rings. The lowest BCUT2D eigenvalue weighted by Crippen LogP contribution is -2.45. The molecule has 2 amide bonds. The van der Waals surface area contributed by atoms with Crippen molar-refractivity contribution in [2.24, 2.45) is 5.73 Å². The zero-order valence-electron chi connectivity index (χ0n) is 10.8. The SMILES string of the molecule is NC(=O)[C@H](CCC(=O)O)N1Cc2cc(Br)cc(F)c2C1=O. The lowest BCUT2D eigenvalue weighted by molar-refractivity contribution is -0.137. The molecule has 1 aromatic carbocycles. The van der Waals surface area contributed by atoms with Crippen molar-refractivity contribution in [2.45, 2.75) is 25.4 Å². The molecule has 2 rings (SSSR count). The Hall–Kier alpha value is -1.96. The summed E-state index contributed by atoms with van der Waals surface area (Å²) < 4.78 is 14.3. The van der Waals surface area contributed by atoms with E-state index in [-0.39, 0.29) is 24.9 Å². The highest BCUT2D eigenvalue weighted by molar-refractivity contribution is 9.10. The molecule has 0 aromatic heterocycles. The lowest BCUT2D eigenvalue weighted by atomic mass is 10.1. The maximum atomic E-state index is 13.9. The van der Waals surface area contributed by atoms with E-state index in [1.54, 1.807) is 6.07 Å². The normalized spacial score (nSPS) is 15.0. The molecule has 8 heteroatoms. The van der Waals surface area contributed by atoms with Crippen LogP contribution in [0.1, 0.15) is 28.8 Å². The van der Waals surface area contributed by atoms with Crippen LogP contribution in [0.15, 0.2) is 16.6 Å². The highest BCUT2D eigenvalue weighted by Gasteiger charge is 2.37. The van der Waals surface area contributed by atoms with Crippen LogP contribution in [0.2, 0.25) is 0 Å². The summed E-state index contributed by atoms with van der Waals surface area (Å²) in [6.45, 7) is 0.0255. The molecular weight excluding hydrogens is 347 g/mol. The van der Waals surface area contributed by atoms with E-state index in [1.807, 2.05) is 0 Å². The molecule has 0 fully saturated rings. The molecule has 0 saturated carbocycles. The fourth-order valence-electron chi connectivity index (χ4n) is 2.35. The molecule has 0 bridgehead atoms. The summed E-state index contributed by atoms with van der Waals surface area (Å²) in [7, 11) is 0. The minimum Gasteiger partial charge on any atom is -0.481 e. The van der Waals surface area contributed by atoms with E-state index < -0.39 is 29.6 Å². The van der Waals surface area contributed by atoms with E-state index in [0.29, 0.717) is 10.0 Å². The summed E-state index contributed by atoms with van der Waals surface area (Å²) in [5, 5.41) is 8.69. The van der Waals surface area contributed by atoms with E-state index in [4.69, 9.17) is 10.8 Å². The second-order valence-corrected chi connectivity index (χ2v) is 5.62. The van der Waals surface area contributed by atoms with Crippen molar-refractivity contribution in [1.82, 2.24) is 4.90 Å². The molecule has 3 N–H and O–H groups in total. The van der Waals surface area contributed by atoms with Crippen molar-refractivity contribution in [3.05, 3.63) is 33.5 Å². The second-order valence-electron chi connectivity index (χ2n) is 4.71. The van der Waals surface area contributed by atoms with Gasteiger partial charge in [0.15, 0.2) is 0 Å². The Morgan fingerprint density at radius 2 is 2.14 bits per heavy atom. The Morgan fingerprint density at radius 1 is 1.48 bits per heavy atom. The van der Waals surface area contributed by atoms with Gasteiger partial charge in [0.25, 0.3) is 5.91 Å². The number of nitrogens with two attached hydrogens (primary N) is 1. The van der Waals surface area contributed by atoms with E-state index in [0.717, 1.165) is 11.0 Å². The van der Waals surface area contributed by atoms with Gasteiger partial charge >= 0.3 is 5.97 Å². The van der Waals surface area contributed by atoms with Gasteiger partial charge in [0.2, 0.25) is 5.91 Å². The third-order valence-electron chi connectivity index (χ3n) is 3.29. The molecule has 1 aromatic rings. The zero-order valence-corrected chi connectivity index (χ0v) is 12.4. The van der Waals surface area contributed by atoms with Gasteiger partial charge in [-0.15, -0.1) is 0 Å². The number of rotatable bonds is 5. The predicted octanol–water partition coefficient (Wildman–Crippen LogP) is 1.26. The molecule has 21 heavy (non-hydrogen) atoms. The van der Waals surface area contributed by atoms with Gasteiger partial charge in [-0.05, 0) is 24.1 Å². The van der Waals surface area contributed by atoms with Gasteiger partial charge in [0.1, 0.15) is 11.9 Å². The number of benzene rings is 1. The van der Waals surface area contributed by atoms with Gasteiger partial charge in [-0.1, -0.05) is 15.9 Å². The Morgan fingerprint density at radius 3 is 2.71 bits per heavy atom. The number of fused-ring (bicyclic) bond motifs is 1. The van der Waals surface area contributed by atoms with Crippen molar-refractivity contribution in [3.8, 4) is 0 Å². The summed E-state index contributed by atoms with van der Waals surface area (Å²) in [6.07, 6.45) is -0.410. The van der Waals surface area contributed by atoms with E-state index in [9.17, 15) is 18.8 Å². The van der Waals surface area contributed by atoms with Crippen molar-refractivity contribution in [1.29, 1.82) is 0 Å². The summed E-state index contributed by atoms with van der Waals surface area (Å²) >= 11 is 3.13. The van der Waals surface area contributed by atoms with Crippen LogP contribution >= 0.6 is 15.9 Å². The highest BCUT2D eigenvalue weighted by atomic mass is 79.9. The van der Waals surface area contributed by atoms with Crippen LogP contribution in [0.4, 0.5) is 4.39 Å². The first-order valence-corrected chi connectivity index (χ1v) is 6.90. The number of carboxylic acid groups (broad SMARTS) is 1. The molecular formula is C13H12BrFN2O4. The Balaban J connectivity index is 2.30. The van der Waals surface area contributed by atoms with Gasteiger partial charge in [0.05, 0.1) is 5.56 Å². The number of hydrogen-bond donors (Lipinski definition) is 2. The largest absolute Gasteiger partial charge is 0.481 e. The molecule has 0 saturated heterocycles. The first-order valence-electron chi connectivity index (χ1n) is 6.11. The summed E-state index contributed by atoms with van der Waals surface area (Å²) in [5.74, 6) is -3.24. The lowest BCUT2D eigenvalue weighted by Gasteiger charge is -2.24. The number of carbonyl (C=O) groups is 3. The maximum Gasteiger partial charge on any atom is 0.303 e. The van der Waals surface area contributed by atoms with Crippen molar-refractivity contribution in [2.75, 3.05) is 0 Å². The maximum absolute atomic E-state index is 13.9.